The second-order valence-electron chi connectivity index (χ2n) is 4.79. The fourth-order valence-corrected chi connectivity index (χ4v) is 2.94. The van der Waals surface area contributed by atoms with E-state index in [1.54, 1.807) is 11.8 Å². The van der Waals surface area contributed by atoms with E-state index in [0.717, 1.165) is 46.5 Å². The molecule has 1 saturated heterocycles. The molecule has 3 heterocycles. The average Bonchev–Trinajstić information content (AvgIpc) is 2.98. The summed E-state index contributed by atoms with van der Waals surface area (Å²) in [5.41, 5.74) is 1.68. The minimum absolute atomic E-state index is 0.0326. The van der Waals surface area contributed by atoms with Crippen LogP contribution in [0, 0.1) is 6.92 Å². The van der Waals surface area contributed by atoms with Gasteiger partial charge < -0.3 is 10.1 Å². The Balaban J connectivity index is 1.86. The number of pyridine rings is 1. The number of hydrogen-bond acceptors (Lipinski definition) is 7. The number of ether oxygens (including phenoxy) is 1. The van der Waals surface area contributed by atoms with Gasteiger partial charge in [-0.05, 0) is 18.7 Å². The summed E-state index contributed by atoms with van der Waals surface area (Å²) in [5, 5.41) is 6.58. The molecule has 3 rings (SSSR count). The van der Waals surface area contributed by atoms with Crippen LogP contribution in [-0.2, 0) is 4.74 Å². The standard InChI is InChI=1S/C14H19N5OS/c1-3-21-10-6-11-13(16-7-10)14(19-9(2)18-11)17-8-12-15-4-5-20-12/h6-7,12,15H,3-5,8H2,1-2H3,(H,17,18,19). The number of aryl methyl sites for hydroxylation is 1. The molecule has 2 aromatic rings. The Hall–Kier alpha value is -1.44. The Bertz CT molecular complexity index is 630. The highest BCUT2D eigenvalue weighted by Gasteiger charge is 2.15. The number of thioether (sulfide) groups is 1. The number of fused-ring (bicyclic) bond motifs is 1. The van der Waals surface area contributed by atoms with Gasteiger partial charge in [0.05, 0.1) is 18.7 Å². The fraction of sp³-hybridized carbons (Fsp3) is 0.500. The van der Waals surface area contributed by atoms with Gasteiger partial charge in [0, 0.05) is 17.6 Å². The molecule has 7 heteroatoms. The van der Waals surface area contributed by atoms with Crippen LogP contribution in [0.1, 0.15) is 12.7 Å². The van der Waals surface area contributed by atoms with Crippen molar-refractivity contribution in [3.8, 4) is 0 Å². The van der Waals surface area contributed by atoms with Gasteiger partial charge in [0.2, 0.25) is 0 Å². The topological polar surface area (TPSA) is 72.0 Å². The first kappa shape index (κ1) is 14.5. The molecule has 1 aliphatic rings. The first-order chi connectivity index (χ1) is 10.3. The van der Waals surface area contributed by atoms with Gasteiger partial charge in [-0.1, -0.05) is 6.92 Å². The zero-order valence-corrected chi connectivity index (χ0v) is 13.0. The Morgan fingerprint density at radius 3 is 3.14 bits per heavy atom. The maximum absolute atomic E-state index is 5.53. The summed E-state index contributed by atoms with van der Waals surface area (Å²) in [7, 11) is 0. The van der Waals surface area contributed by atoms with Crippen LogP contribution in [0.5, 0.6) is 0 Å². The Morgan fingerprint density at radius 1 is 1.48 bits per heavy atom. The largest absolute Gasteiger partial charge is 0.364 e. The first-order valence-corrected chi connectivity index (χ1v) is 8.11. The third kappa shape index (κ3) is 3.42. The highest BCUT2D eigenvalue weighted by atomic mass is 32.2. The van der Waals surface area contributed by atoms with E-state index in [4.69, 9.17) is 4.74 Å². The number of aromatic nitrogens is 3. The van der Waals surface area contributed by atoms with Gasteiger partial charge in [0.15, 0.2) is 5.82 Å². The predicted molar refractivity (Wildman–Crippen MR) is 84.7 cm³/mol. The average molecular weight is 305 g/mol. The van der Waals surface area contributed by atoms with E-state index in [0.29, 0.717) is 6.54 Å². The molecule has 2 N–H and O–H groups in total. The summed E-state index contributed by atoms with van der Waals surface area (Å²) >= 11 is 1.76. The lowest BCUT2D eigenvalue weighted by atomic mass is 10.3. The molecule has 6 nitrogen and oxygen atoms in total. The molecule has 21 heavy (non-hydrogen) atoms. The maximum atomic E-state index is 5.53. The van der Waals surface area contributed by atoms with E-state index >= 15 is 0 Å². The molecule has 0 radical (unpaired) electrons. The van der Waals surface area contributed by atoms with Crippen molar-refractivity contribution >= 4 is 28.6 Å². The Morgan fingerprint density at radius 2 is 2.38 bits per heavy atom. The van der Waals surface area contributed by atoms with E-state index in [2.05, 4.69) is 38.6 Å². The van der Waals surface area contributed by atoms with Crippen molar-refractivity contribution in [2.45, 2.75) is 25.0 Å². The smallest absolute Gasteiger partial charge is 0.156 e. The van der Waals surface area contributed by atoms with E-state index in [1.807, 2.05) is 13.1 Å². The number of anilines is 1. The van der Waals surface area contributed by atoms with Crippen molar-refractivity contribution in [2.75, 3.05) is 30.8 Å². The third-order valence-electron chi connectivity index (χ3n) is 3.18. The summed E-state index contributed by atoms with van der Waals surface area (Å²) < 4.78 is 5.53. The number of rotatable bonds is 5. The second kappa shape index (κ2) is 6.55. The molecule has 1 atom stereocenters. The molecular formula is C14H19N5OS. The van der Waals surface area contributed by atoms with Crippen LogP contribution in [0.4, 0.5) is 5.82 Å². The molecule has 1 aliphatic heterocycles. The van der Waals surface area contributed by atoms with Crippen LogP contribution < -0.4 is 10.6 Å². The van der Waals surface area contributed by atoms with Gasteiger partial charge in [-0.15, -0.1) is 11.8 Å². The summed E-state index contributed by atoms with van der Waals surface area (Å²) in [4.78, 5) is 14.6. The van der Waals surface area contributed by atoms with Crippen LogP contribution in [-0.4, -0.2) is 46.6 Å². The third-order valence-corrected chi connectivity index (χ3v) is 4.03. The van der Waals surface area contributed by atoms with E-state index in [9.17, 15) is 0 Å². The quantitative estimate of drug-likeness (QED) is 0.816. The number of nitrogens with zero attached hydrogens (tertiary/aromatic N) is 3. The molecule has 1 unspecified atom stereocenters. The van der Waals surface area contributed by atoms with Crippen LogP contribution in [0.15, 0.2) is 17.2 Å². The molecule has 0 aromatic carbocycles. The van der Waals surface area contributed by atoms with Crippen molar-refractivity contribution < 1.29 is 4.74 Å². The minimum Gasteiger partial charge on any atom is -0.364 e. The van der Waals surface area contributed by atoms with Crippen molar-refractivity contribution in [1.29, 1.82) is 0 Å². The molecule has 0 aliphatic carbocycles. The SMILES string of the molecule is CCSc1cnc2c(NCC3NCCO3)nc(C)nc2c1. The van der Waals surface area contributed by atoms with Gasteiger partial charge in [0.1, 0.15) is 17.6 Å². The van der Waals surface area contributed by atoms with E-state index < -0.39 is 0 Å². The number of hydrogen-bond donors (Lipinski definition) is 2. The summed E-state index contributed by atoms with van der Waals surface area (Å²) in [6.07, 6.45) is 1.91. The van der Waals surface area contributed by atoms with Gasteiger partial charge >= 0.3 is 0 Å². The zero-order chi connectivity index (χ0) is 14.7. The maximum Gasteiger partial charge on any atom is 0.156 e. The van der Waals surface area contributed by atoms with Crippen LogP contribution >= 0.6 is 11.8 Å². The van der Waals surface area contributed by atoms with Crippen LogP contribution in [0.2, 0.25) is 0 Å². The zero-order valence-electron chi connectivity index (χ0n) is 12.2. The van der Waals surface area contributed by atoms with Gasteiger partial charge in [0.25, 0.3) is 0 Å². The monoisotopic (exact) mass is 305 g/mol. The van der Waals surface area contributed by atoms with Crippen LogP contribution in [0.25, 0.3) is 11.0 Å². The lowest BCUT2D eigenvalue weighted by Crippen LogP contribution is -2.30. The van der Waals surface area contributed by atoms with Gasteiger partial charge in [-0.2, -0.15) is 0 Å². The minimum atomic E-state index is 0.0326. The highest BCUT2D eigenvalue weighted by molar-refractivity contribution is 7.99. The molecule has 0 bridgehead atoms. The molecule has 0 spiro atoms. The Kier molecular flexibility index (Phi) is 4.52. The van der Waals surface area contributed by atoms with Gasteiger partial charge in [-0.25, -0.2) is 15.0 Å². The predicted octanol–water partition coefficient (Wildman–Crippen LogP) is 1.80. The normalized spacial score (nSPS) is 18.3. The summed E-state index contributed by atoms with van der Waals surface area (Å²) in [6.45, 7) is 6.34. The fourth-order valence-electron chi connectivity index (χ4n) is 2.29. The lowest BCUT2D eigenvalue weighted by molar-refractivity contribution is 0.111. The van der Waals surface area contributed by atoms with Crippen molar-refractivity contribution in [1.82, 2.24) is 20.3 Å². The molecule has 1 fully saturated rings. The van der Waals surface area contributed by atoms with Crippen LogP contribution in [0.3, 0.4) is 0 Å². The number of nitrogens with one attached hydrogen (secondary N) is 2. The van der Waals surface area contributed by atoms with Crippen molar-refractivity contribution in [2.24, 2.45) is 0 Å². The van der Waals surface area contributed by atoms with E-state index in [1.165, 1.54) is 0 Å². The second-order valence-corrected chi connectivity index (χ2v) is 6.12. The molecule has 0 saturated carbocycles. The summed E-state index contributed by atoms with van der Waals surface area (Å²) in [6, 6.07) is 2.07. The van der Waals surface area contributed by atoms with Crippen molar-refractivity contribution in [3.05, 3.63) is 18.1 Å². The van der Waals surface area contributed by atoms with E-state index in [-0.39, 0.29) is 6.23 Å². The highest BCUT2D eigenvalue weighted by Crippen LogP contribution is 2.24. The molecular weight excluding hydrogens is 286 g/mol. The summed E-state index contributed by atoms with van der Waals surface area (Å²) in [5.74, 6) is 2.53. The first-order valence-electron chi connectivity index (χ1n) is 7.12. The van der Waals surface area contributed by atoms with Crippen molar-refractivity contribution in [3.63, 3.8) is 0 Å². The molecule has 0 amide bonds. The molecule has 2 aromatic heterocycles. The molecule has 112 valence electrons. The van der Waals surface area contributed by atoms with Gasteiger partial charge in [-0.3, -0.25) is 5.32 Å². The lowest BCUT2D eigenvalue weighted by Gasteiger charge is -2.13. The Labute approximate surface area is 128 Å².